The number of aliphatic hydroxyl groups is 1. The zero-order chi connectivity index (χ0) is 15.1. The fourth-order valence-corrected chi connectivity index (χ4v) is 2.89. The molecule has 0 aliphatic carbocycles. The van der Waals surface area contributed by atoms with Crippen LogP contribution in [0.1, 0.15) is 31.7 Å². The molecule has 4 nitrogen and oxygen atoms in total. The molecule has 0 aromatic heterocycles. The Labute approximate surface area is 127 Å². The highest BCUT2D eigenvalue weighted by molar-refractivity contribution is 5.34. The second-order valence-corrected chi connectivity index (χ2v) is 5.80. The monoisotopic (exact) mass is 288 g/mol. The van der Waals surface area contributed by atoms with E-state index in [2.05, 4.69) is 17.9 Å². The summed E-state index contributed by atoms with van der Waals surface area (Å²) in [4.78, 5) is 2.33. The number of rotatable bonds is 7. The van der Waals surface area contributed by atoms with Gasteiger partial charge in [-0.25, -0.2) is 0 Å². The van der Waals surface area contributed by atoms with Crippen molar-refractivity contribution < 1.29 is 9.84 Å². The van der Waals surface area contributed by atoms with Crippen molar-refractivity contribution >= 4 is 0 Å². The molecule has 0 amide bonds. The smallest absolute Gasteiger partial charge is 0.119 e. The minimum absolute atomic E-state index is 0.293. The largest absolute Gasteiger partial charge is 0.491 e. The van der Waals surface area contributed by atoms with Gasteiger partial charge >= 0.3 is 0 Å². The summed E-state index contributed by atoms with van der Waals surface area (Å²) in [6.45, 7) is 5.38. The van der Waals surface area contributed by atoms with Gasteiger partial charge in [-0.15, -0.1) is 0 Å². The Bertz CT molecular complexity index is 467. The third-order valence-electron chi connectivity index (χ3n) is 3.96. The molecule has 1 fully saturated rings. The molecule has 0 saturated carbocycles. The number of benzene rings is 1. The summed E-state index contributed by atoms with van der Waals surface area (Å²) >= 11 is 0. The maximum atomic E-state index is 10.1. The molecular weight excluding hydrogens is 264 g/mol. The van der Waals surface area contributed by atoms with Crippen LogP contribution in [0.4, 0.5) is 0 Å². The molecule has 2 unspecified atom stereocenters. The summed E-state index contributed by atoms with van der Waals surface area (Å²) in [5.74, 6) is 1.49. The van der Waals surface area contributed by atoms with Crippen LogP contribution in [0.2, 0.25) is 0 Å². The van der Waals surface area contributed by atoms with Gasteiger partial charge in [0.15, 0.2) is 0 Å². The van der Waals surface area contributed by atoms with Crippen molar-refractivity contribution in [3.63, 3.8) is 0 Å². The van der Waals surface area contributed by atoms with E-state index in [1.807, 2.05) is 0 Å². The zero-order valence-electron chi connectivity index (χ0n) is 12.7. The topological polar surface area (TPSA) is 56.5 Å². The lowest BCUT2D eigenvalue weighted by Gasteiger charge is -2.20. The molecule has 4 heteroatoms. The van der Waals surface area contributed by atoms with Gasteiger partial charge in [0.2, 0.25) is 0 Å². The first-order valence-electron chi connectivity index (χ1n) is 7.74. The minimum Gasteiger partial charge on any atom is -0.491 e. The number of hydrogen-bond donors (Lipinski definition) is 1. The van der Waals surface area contributed by atoms with Gasteiger partial charge in [0.05, 0.1) is 11.6 Å². The lowest BCUT2D eigenvalue weighted by molar-refractivity contribution is 0.0746. The molecule has 0 bridgehead atoms. The first-order valence-corrected chi connectivity index (χ1v) is 7.74. The molecule has 114 valence electrons. The van der Waals surface area contributed by atoms with E-state index in [-0.39, 0.29) is 0 Å². The summed E-state index contributed by atoms with van der Waals surface area (Å²) in [7, 11) is 0. The number of β-amino-alcohol motifs (C(OH)–C–C–N with tert-alkyl or cyclic N) is 1. The standard InChI is InChI=1S/C17H24N2O2/c1-2-3-15-8-9-19(11-15)12-16(20)13-21-17-6-4-14(10-18)5-7-17/h4-7,15-16,20H,2-3,8-9,11-13H2,1H3. The highest BCUT2D eigenvalue weighted by Crippen LogP contribution is 2.21. The van der Waals surface area contributed by atoms with Crippen molar-refractivity contribution in [2.75, 3.05) is 26.2 Å². The van der Waals surface area contributed by atoms with E-state index in [1.54, 1.807) is 24.3 Å². The van der Waals surface area contributed by atoms with Crippen LogP contribution in [0.5, 0.6) is 5.75 Å². The molecule has 0 radical (unpaired) electrons. The van der Waals surface area contributed by atoms with Gasteiger partial charge in [-0.05, 0) is 49.6 Å². The molecule has 2 rings (SSSR count). The molecule has 2 atom stereocenters. The van der Waals surface area contributed by atoms with Crippen molar-refractivity contribution in [3.05, 3.63) is 29.8 Å². The van der Waals surface area contributed by atoms with Gasteiger partial charge in [0.1, 0.15) is 18.5 Å². The fourth-order valence-electron chi connectivity index (χ4n) is 2.89. The highest BCUT2D eigenvalue weighted by atomic mass is 16.5. The van der Waals surface area contributed by atoms with Crippen molar-refractivity contribution in [1.82, 2.24) is 4.90 Å². The Kier molecular flexibility index (Phi) is 6.04. The predicted octanol–water partition coefficient (Wildman–Crippen LogP) is 2.42. The summed E-state index contributed by atoms with van der Waals surface area (Å²) < 4.78 is 5.57. The molecule has 1 heterocycles. The van der Waals surface area contributed by atoms with E-state index in [9.17, 15) is 5.11 Å². The van der Waals surface area contributed by atoms with E-state index < -0.39 is 6.10 Å². The van der Waals surface area contributed by atoms with Gasteiger partial charge in [-0.1, -0.05) is 13.3 Å². The first kappa shape index (κ1) is 15.8. The Morgan fingerprint density at radius 1 is 1.43 bits per heavy atom. The number of hydrogen-bond acceptors (Lipinski definition) is 4. The third-order valence-corrected chi connectivity index (χ3v) is 3.96. The van der Waals surface area contributed by atoms with Gasteiger partial charge in [-0.2, -0.15) is 5.26 Å². The average Bonchev–Trinajstić information content (AvgIpc) is 2.93. The van der Waals surface area contributed by atoms with Crippen LogP contribution in [0, 0.1) is 17.2 Å². The molecule has 1 aliphatic rings. The van der Waals surface area contributed by atoms with E-state index >= 15 is 0 Å². The number of aliphatic hydroxyl groups excluding tert-OH is 1. The Balaban J connectivity index is 1.70. The van der Waals surface area contributed by atoms with Crippen molar-refractivity contribution in [2.24, 2.45) is 5.92 Å². The summed E-state index contributed by atoms with van der Waals surface area (Å²) in [5, 5.41) is 18.8. The van der Waals surface area contributed by atoms with Crippen LogP contribution < -0.4 is 4.74 Å². The van der Waals surface area contributed by atoms with Crippen molar-refractivity contribution in [2.45, 2.75) is 32.3 Å². The highest BCUT2D eigenvalue weighted by Gasteiger charge is 2.23. The maximum Gasteiger partial charge on any atom is 0.119 e. The Hall–Kier alpha value is -1.57. The van der Waals surface area contributed by atoms with Gasteiger partial charge in [0.25, 0.3) is 0 Å². The van der Waals surface area contributed by atoms with Crippen LogP contribution in [0.3, 0.4) is 0 Å². The lowest BCUT2D eigenvalue weighted by atomic mass is 10.0. The van der Waals surface area contributed by atoms with Crippen LogP contribution in [-0.4, -0.2) is 42.4 Å². The molecular formula is C17H24N2O2. The van der Waals surface area contributed by atoms with E-state index in [4.69, 9.17) is 10.00 Å². The molecule has 21 heavy (non-hydrogen) atoms. The second kappa shape index (κ2) is 8.02. The lowest BCUT2D eigenvalue weighted by Crippen LogP contribution is -2.34. The first-order chi connectivity index (χ1) is 10.2. The van der Waals surface area contributed by atoms with E-state index in [0.717, 1.165) is 19.0 Å². The van der Waals surface area contributed by atoms with E-state index in [0.29, 0.717) is 24.5 Å². The van der Waals surface area contributed by atoms with Gasteiger partial charge < -0.3 is 14.7 Å². The average molecular weight is 288 g/mol. The Morgan fingerprint density at radius 2 is 2.19 bits per heavy atom. The molecule has 0 spiro atoms. The third kappa shape index (κ3) is 5.04. The Morgan fingerprint density at radius 3 is 2.86 bits per heavy atom. The van der Waals surface area contributed by atoms with Gasteiger partial charge in [-0.3, -0.25) is 0 Å². The van der Waals surface area contributed by atoms with Crippen LogP contribution >= 0.6 is 0 Å². The number of ether oxygens (including phenoxy) is 1. The van der Waals surface area contributed by atoms with Crippen LogP contribution in [-0.2, 0) is 0 Å². The maximum absolute atomic E-state index is 10.1. The minimum atomic E-state index is -0.471. The normalized spacial score (nSPS) is 20.1. The van der Waals surface area contributed by atoms with E-state index in [1.165, 1.54) is 19.3 Å². The molecule has 1 N–H and O–H groups in total. The van der Waals surface area contributed by atoms with Crippen LogP contribution in [0.15, 0.2) is 24.3 Å². The number of nitriles is 1. The number of nitrogens with zero attached hydrogens (tertiary/aromatic N) is 2. The zero-order valence-corrected chi connectivity index (χ0v) is 12.7. The van der Waals surface area contributed by atoms with Crippen molar-refractivity contribution in [1.29, 1.82) is 5.26 Å². The predicted molar refractivity (Wildman–Crippen MR) is 82.1 cm³/mol. The molecule has 1 aromatic carbocycles. The number of likely N-dealkylation sites (tertiary alicyclic amines) is 1. The fraction of sp³-hybridized carbons (Fsp3) is 0.588. The summed E-state index contributed by atoms with van der Waals surface area (Å²) in [6.07, 6.45) is 3.30. The molecule has 1 saturated heterocycles. The quantitative estimate of drug-likeness (QED) is 0.837. The summed E-state index contributed by atoms with van der Waals surface area (Å²) in [5.41, 5.74) is 0.613. The summed E-state index contributed by atoms with van der Waals surface area (Å²) in [6, 6.07) is 9.03. The second-order valence-electron chi connectivity index (χ2n) is 5.80. The van der Waals surface area contributed by atoms with Crippen molar-refractivity contribution in [3.8, 4) is 11.8 Å². The molecule has 1 aromatic rings. The molecule has 1 aliphatic heterocycles. The van der Waals surface area contributed by atoms with Crippen LogP contribution in [0.25, 0.3) is 0 Å². The SMILES string of the molecule is CCCC1CCN(CC(O)COc2ccc(C#N)cc2)C1. The van der Waals surface area contributed by atoms with Gasteiger partial charge in [0, 0.05) is 13.1 Å².